The Balaban J connectivity index is 1.62. The van der Waals surface area contributed by atoms with Crippen LogP contribution in [0.25, 0.3) is 11.1 Å². The van der Waals surface area contributed by atoms with Gasteiger partial charge in [0.1, 0.15) is 5.75 Å². The van der Waals surface area contributed by atoms with Crippen molar-refractivity contribution < 1.29 is 42.5 Å². The van der Waals surface area contributed by atoms with E-state index in [9.17, 15) is 23.6 Å². The molecule has 9 heteroatoms. The zero-order valence-corrected chi connectivity index (χ0v) is 20.7. The van der Waals surface area contributed by atoms with E-state index in [1.54, 1.807) is 36.4 Å². The van der Waals surface area contributed by atoms with Crippen LogP contribution in [-0.4, -0.2) is 23.9 Å². The summed E-state index contributed by atoms with van der Waals surface area (Å²) >= 11 is 0. The van der Waals surface area contributed by atoms with E-state index in [0.29, 0.717) is 16.7 Å². The number of benzene rings is 3. The van der Waals surface area contributed by atoms with Gasteiger partial charge in [0.05, 0.1) is 0 Å². The highest BCUT2D eigenvalue weighted by molar-refractivity contribution is 5.86. The topological polar surface area (TPSA) is 105 Å². The molecule has 3 rings (SSSR count). The Morgan fingerprint density at radius 2 is 1.18 bits per heavy atom. The van der Waals surface area contributed by atoms with E-state index in [-0.39, 0.29) is 35.8 Å². The summed E-state index contributed by atoms with van der Waals surface area (Å²) in [5.74, 6) is -3.42. The number of hydrogen-bond donors (Lipinski definition) is 0. The van der Waals surface area contributed by atoms with E-state index >= 15 is 0 Å². The van der Waals surface area contributed by atoms with E-state index in [1.807, 2.05) is 0 Å². The van der Waals surface area contributed by atoms with Crippen molar-refractivity contribution >= 4 is 23.9 Å². The highest BCUT2D eigenvalue weighted by Crippen LogP contribution is 2.30. The summed E-state index contributed by atoms with van der Waals surface area (Å²) in [6, 6.07) is 15.1. The Morgan fingerprint density at radius 3 is 1.77 bits per heavy atom. The summed E-state index contributed by atoms with van der Waals surface area (Å²) in [6.45, 7) is 9.92. The highest BCUT2D eigenvalue weighted by Gasteiger charge is 2.14. The molecule has 0 atom stereocenters. The minimum Gasteiger partial charge on any atom is -0.427 e. The minimum atomic E-state index is -0.768. The van der Waals surface area contributed by atoms with Crippen LogP contribution in [-0.2, 0) is 25.6 Å². The molecule has 3 aromatic carbocycles. The van der Waals surface area contributed by atoms with Crippen molar-refractivity contribution in [1.82, 2.24) is 0 Å². The number of ether oxygens (including phenoxy) is 4. The largest absolute Gasteiger partial charge is 0.427 e. The molecule has 8 nitrogen and oxygen atoms in total. The Bertz CT molecular complexity index is 1440. The Kier molecular flexibility index (Phi) is 9.64. The van der Waals surface area contributed by atoms with E-state index in [0.717, 1.165) is 18.2 Å². The van der Waals surface area contributed by atoms with Gasteiger partial charge in [-0.25, -0.2) is 18.8 Å². The van der Waals surface area contributed by atoms with Crippen LogP contribution in [0.1, 0.15) is 12.0 Å². The Hall–Kier alpha value is -5.31. The molecule has 198 valence electrons. The van der Waals surface area contributed by atoms with Crippen molar-refractivity contribution in [1.29, 1.82) is 0 Å². The second-order valence-corrected chi connectivity index (χ2v) is 7.80. The molecule has 39 heavy (non-hydrogen) atoms. The second-order valence-electron chi connectivity index (χ2n) is 7.80. The number of carbonyl (C=O) groups is 4. The summed E-state index contributed by atoms with van der Waals surface area (Å²) < 4.78 is 34.7. The minimum absolute atomic E-state index is 0.00150. The summed E-state index contributed by atoms with van der Waals surface area (Å²) in [5.41, 5.74) is 1.80. The smallest absolute Gasteiger partial charge is 0.335 e. The molecule has 0 fully saturated rings. The number of hydrogen-bond acceptors (Lipinski definition) is 8. The molecule has 0 saturated heterocycles. The lowest BCUT2D eigenvalue weighted by atomic mass is 10.1. The predicted molar refractivity (Wildman–Crippen MR) is 140 cm³/mol. The first-order valence-electron chi connectivity index (χ1n) is 11.5. The molecule has 3 aromatic rings. The van der Waals surface area contributed by atoms with Gasteiger partial charge in [0.25, 0.3) is 0 Å². The van der Waals surface area contributed by atoms with Crippen LogP contribution in [0.3, 0.4) is 0 Å². The molecule has 0 amide bonds. The Labute approximate surface area is 223 Å². The fourth-order valence-electron chi connectivity index (χ4n) is 3.23. The maximum atomic E-state index is 14.3. The van der Waals surface area contributed by atoms with Gasteiger partial charge in [-0.15, -0.1) is 0 Å². The highest BCUT2D eigenvalue weighted by atomic mass is 19.1. The number of carbonyl (C=O) groups excluding carboxylic acids is 4. The lowest BCUT2D eigenvalue weighted by Crippen LogP contribution is -2.10. The quantitative estimate of drug-likeness (QED) is 0.187. The number of aryl methyl sites for hydroxylation is 1. The number of halogens is 1. The van der Waals surface area contributed by atoms with Crippen LogP contribution in [0.5, 0.6) is 23.0 Å². The maximum Gasteiger partial charge on any atom is 0.335 e. The van der Waals surface area contributed by atoms with Gasteiger partial charge in [0.15, 0.2) is 23.1 Å². The molecule has 0 saturated carbocycles. The average molecular weight is 531 g/mol. The fourth-order valence-corrected chi connectivity index (χ4v) is 3.23. The molecular formula is C30H23FO8. The lowest BCUT2D eigenvalue weighted by molar-refractivity contribution is -0.134. The molecule has 0 bridgehead atoms. The molecule has 0 aliphatic rings. The van der Waals surface area contributed by atoms with Crippen LogP contribution < -0.4 is 18.9 Å². The predicted octanol–water partition coefficient (Wildman–Crippen LogP) is 5.31. The average Bonchev–Trinajstić information content (AvgIpc) is 2.94. The standard InChI is InChI=1S/C30H23FO8/c1-4-27(32)37-24-15-11-21(18-23(24)31)20-9-12-22(13-10-20)36-30(35)16-8-19-7-14-25(38-28(33)5-2)26(17-19)39-29(34)6-3/h4-7,9-15,17-18H,1-3,8,16H2. The zero-order valence-electron chi connectivity index (χ0n) is 20.7. The normalized spacial score (nSPS) is 10.1. The SMILES string of the molecule is C=CC(=O)Oc1ccc(-c2ccc(OC(=O)CCc3ccc(OC(=O)C=C)c(OC(=O)C=C)c3)cc2)cc1F. The monoisotopic (exact) mass is 530 g/mol. The van der Waals surface area contributed by atoms with Gasteiger partial charge in [0.2, 0.25) is 0 Å². The van der Waals surface area contributed by atoms with Gasteiger partial charge < -0.3 is 18.9 Å². The fraction of sp³-hybridized carbons (Fsp3) is 0.0667. The van der Waals surface area contributed by atoms with Gasteiger partial charge in [-0.3, -0.25) is 4.79 Å². The van der Waals surface area contributed by atoms with Crippen LogP contribution in [0.4, 0.5) is 4.39 Å². The van der Waals surface area contributed by atoms with Crippen molar-refractivity contribution in [3.05, 3.63) is 110 Å². The molecule has 0 spiro atoms. The van der Waals surface area contributed by atoms with Crippen LogP contribution in [0.2, 0.25) is 0 Å². The van der Waals surface area contributed by atoms with E-state index < -0.39 is 29.7 Å². The third-order valence-corrected chi connectivity index (χ3v) is 5.11. The van der Waals surface area contributed by atoms with E-state index in [1.165, 1.54) is 24.3 Å². The zero-order chi connectivity index (χ0) is 28.4. The van der Waals surface area contributed by atoms with Gasteiger partial charge in [-0.05, 0) is 59.5 Å². The summed E-state index contributed by atoms with van der Waals surface area (Å²) in [5, 5.41) is 0. The third kappa shape index (κ3) is 8.09. The van der Waals surface area contributed by atoms with Crippen LogP contribution in [0.15, 0.2) is 98.6 Å². The van der Waals surface area contributed by atoms with Crippen molar-refractivity contribution in [2.24, 2.45) is 0 Å². The van der Waals surface area contributed by atoms with Crippen molar-refractivity contribution in [3.63, 3.8) is 0 Å². The Morgan fingerprint density at radius 1 is 0.641 bits per heavy atom. The number of esters is 4. The first kappa shape index (κ1) is 28.3. The van der Waals surface area contributed by atoms with Gasteiger partial charge in [-0.1, -0.05) is 44.0 Å². The molecule has 0 aliphatic carbocycles. The third-order valence-electron chi connectivity index (χ3n) is 5.11. The van der Waals surface area contributed by atoms with Crippen molar-refractivity contribution in [2.45, 2.75) is 12.8 Å². The van der Waals surface area contributed by atoms with Crippen molar-refractivity contribution in [2.75, 3.05) is 0 Å². The summed E-state index contributed by atoms with van der Waals surface area (Å²) in [6.07, 6.45) is 3.10. The molecule has 0 aromatic heterocycles. The first-order chi connectivity index (χ1) is 18.7. The van der Waals surface area contributed by atoms with Gasteiger partial charge in [0, 0.05) is 24.6 Å². The molecule has 0 N–H and O–H groups in total. The van der Waals surface area contributed by atoms with Gasteiger partial charge in [-0.2, -0.15) is 0 Å². The number of rotatable bonds is 11. The molecule has 0 heterocycles. The molecular weight excluding hydrogens is 507 g/mol. The molecule has 0 unspecified atom stereocenters. The lowest BCUT2D eigenvalue weighted by Gasteiger charge is -2.11. The molecule has 0 radical (unpaired) electrons. The van der Waals surface area contributed by atoms with E-state index in [2.05, 4.69) is 19.7 Å². The van der Waals surface area contributed by atoms with Crippen LogP contribution in [0, 0.1) is 5.82 Å². The first-order valence-corrected chi connectivity index (χ1v) is 11.5. The summed E-state index contributed by atoms with van der Waals surface area (Å²) in [7, 11) is 0. The second kappa shape index (κ2) is 13.3. The van der Waals surface area contributed by atoms with Gasteiger partial charge >= 0.3 is 23.9 Å². The maximum absolute atomic E-state index is 14.3. The summed E-state index contributed by atoms with van der Waals surface area (Å²) in [4.78, 5) is 46.9. The van der Waals surface area contributed by atoms with Crippen molar-refractivity contribution in [3.8, 4) is 34.1 Å². The van der Waals surface area contributed by atoms with Crippen LogP contribution >= 0.6 is 0 Å². The van der Waals surface area contributed by atoms with E-state index in [4.69, 9.17) is 18.9 Å². The molecule has 0 aliphatic heterocycles.